The Balaban J connectivity index is 2.42. The van der Waals surface area contributed by atoms with E-state index in [0.717, 1.165) is 0 Å². The molecule has 0 saturated heterocycles. The molecule has 0 bridgehead atoms. The number of rotatable bonds is 4. The summed E-state index contributed by atoms with van der Waals surface area (Å²) >= 11 is 3.19. The van der Waals surface area contributed by atoms with Gasteiger partial charge in [-0.25, -0.2) is 4.39 Å². The maximum absolute atomic E-state index is 13.4. The number of halogens is 2. The first-order valence-electron chi connectivity index (χ1n) is 6.24. The lowest BCUT2D eigenvalue weighted by molar-refractivity contribution is 0.103. The standard InChI is InChI=1S/C16H14BrFO2/c1-10(2)20-15-6-4-3-5-14(15)16(19)11-7-12(17)9-13(18)8-11/h3-10H,1-2H3. The Hall–Kier alpha value is -1.68. The number of carbonyl (C=O) groups is 1. The van der Waals surface area contributed by atoms with Crippen LogP contribution in [0, 0.1) is 5.82 Å². The van der Waals surface area contributed by atoms with Crippen molar-refractivity contribution in [3.63, 3.8) is 0 Å². The second-order valence-corrected chi connectivity index (χ2v) is 5.57. The van der Waals surface area contributed by atoms with E-state index in [4.69, 9.17) is 4.74 Å². The minimum absolute atomic E-state index is 0.0387. The molecular weight excluding hydrogens is 323 g/mol. The molecule has 2 aromatic rings. The predicted molar refractivity (Wildman–Crippen MR) is 79.7 cm³/mol. The topological polar surface area (TPSA) is 26.3 Å². The Labute approximate surface area is 125 Å². The Morgan fingerprint density at radius 3 is 2.55 bits per heavy atom. The molecule has 0 amide bonds. The number of hydrogen-bond donors (Lipinski definition) is 0. The van der Waals surface area contributed by atoms with E-state index in [1.165, 1.54) is 12.1 Å². The summed E-state index contributed by atoms with van der Waals surface area (Å²) in [6.07, 6.45) is -0.0387. The van der Waals surface area contributed by atoms with Crippen LogP contribution in [-0.2, 0) is 0 Å². The Morgan fingerprint density at radius 2 is 1.90 bits per heavy atom. The van der Waals surface area contributed by atoms with Crippen molar-refractivity contribution in [1.82, 2.24) is 0 Å². The lowest BCUT2D eigenvalue weighted by atomic mass is 10.0. The third-order valence-electron chi connectivity index (χ3n) is 2.62. The number of para-hydroxylation sites is 1. The molecule has 0 aliphatic carbocycles. The normalized spacial score (nSPS) is 10.7. The molecule has 2 rings (SSSR count). The van der Waals surface area contributed by atoms with Crippen LogP contribution in [-0.4, -0.2) is 11.9 Å². The summed E-state index contributed by atoms with van der Waals surface area (Å²) in [5.41, 5.74) is 0.718. The first kappa shape index (κ1) is 14.7. The maximum Gasteiger partial charge on any atom is 0.196 e. The zero-order valence-corrected chi connectivity index (χ0v) is 12.8. The van der Waals surface area contributed by atoms with E-state index in [1.807, 2.05) is 13.8 Å². The minimum Gasteiger partial charge on any atom is -0.490 e. The summed E-state index contributed by atoms with van der Waals surface area (Å²) in [4.78, 5) is 12.5. The maximum atomic E-state index is 13.4. The van der Waals surface area contributed by atoms with Crippen LogP contribution < -0.4 is 4.74 Å². The first-order chi connectivity index (χ1) is 9.47. The molecule has 0 aliphatic rings. The van der Waals surface area contributed by atoms with Crippen molar-refractivity contribution in [3.8, 4) is 5.75 Å². The van der Waals surface area contributed by atoms with Gasteiger partial charge in [0.1, 0.15) is 11.6 Å². The first-order valence-corrected chi connectivity index (χ1v) is 7.03. The quantitative estimate of drug-likeness (QED) is 0.762. The molecule has 0 spiro atoms. The van der Waals surface area contributed by atoms with Crippen LogP contribution in [0.1, 0.15) is 29.8 Å². The van der Waals surface area contributed by atoms with Gasteiger partial charge in [-0.05, 0) is 44.2 Å². The van der Waals surface area contributed by atoms with Crippen LogP contribution in [0.3, 0.4) is 0 Å². The Kier molecular flexibility index (Phi) is 4.55. The highest BCUT2D eigenvalue weighted by Crippen LogP contribution is 2.24. The molecule has 0 aliphatic heterocycles. The lowest BCUT2D eigenvalue weighted by Crippen LogP contribution is -2.10. The van der Waals surface area contributed by atoms with Gasteiger partial charge in [-0.3, -0.25) is 4.79 Å². The monoisotopic (exact) mass is 336 g/mol. The molecule has 104 valence electrons. The average Bonchev–Trinajstić information content (AvgIpc) is 2.36. The third kappa shape index (κ3) is 3.45. The molecule has 2 nitrogen and oxygen atoms in total. The van der Waals surface area contributed by atoms with Gasteiger partial charge in [0.2, 0.25) is 0 Å². The van der Waals surface area contributed by atoms with Crippen molar-refractivity contribution in [2.75, 3.05) is 0 Å². The number of benzene rings is 2. The number of carbonyl (C=O) groups excluding carboxylic acids is 1. The van der Waals surface area contributed by atoms with E-state index in [9.17, 15) is 9.18 Å². The summed E-state index contributed by atoms with van der Waals surface area (Å²) in [7, 11) is 0. The van der Waals surface area contributed by atoms with Gasteiger partial charge >= 0.3 is 0 Å². The van der Waals surface area contributed by atoms with Gasteiger partial charge in [0.25, 0.3) is 0 Å². The molecule has 4 heteroatoms. The molecule has 2 aromatic carbocycles. The number of ether oxygens (including phenoxy) is 1. The highest BCUT2D eigenvalue weighted by Gasteiger charge is 2.16. The van der Waals surface area contributed by atoms with E-state index >= 15 is 0 Å². The molecular formula is C16H14BrFO2. The van der Waals surface area contributed by atoms with Gasteiger partial charge in [0.05, 0.1) is 11.7 Å². The van der Waals surface area contributed by atoms with Crippen molar-refractivity contribution in [2.45, 2.75) is 20.0 Å². The molecule has 0 saturated carbocycles. The van der Waals surface area contributed by atoms with Crippen LogP contribution in [0.4, 0.5) is 4.39 Å². The summed E-state index contributed by atoms with van der Waals surface area (Å²) < 4.78 is 19.6. The van der Waals surface area contributed by atoms with E-state index < -0.39 is 5.82 Å². The van der Waals surface area contributed by atoms with E-state index in [-0.39, 0.29) is 17.5 Å². The van der Waals surface area contributed by atoms with Crippen molar-refractivity contribution in [1.29, 1.82) is 0 Å². The Bertz CT molecular complexity index is 618. The largest absolute Gasteiger partial charge is 0.490 e. The third-order valence-corrected chi connectivity index (χ3v) is 3.08. The van der Waals surface area contributed by atoms with Gasteiger partial charge in [0.15, 0.2) is 5.78 Å². The van der Waals surface area contributed by atoms with E-state index in [1.54, 1.807) is 30.3 Å². The predicted octanol–water partition coefficient (Wildman–Crippen LogP) is 4.61. The summed E-state index contributed by atoms with van der Waals surface area (Å²) in [5, 5.41) is 0. The van der Waals surface area contributed by atoms with Gasteiger partial charge < -0.3 is 4.74 Å². The highest BCUT2D eigenvalue weighted by molar-refractivity contribution is 9.10. The van der Waals surface area contributed by atoms with Crippen molar-refractivity contribution >= 4 is 21.7 Å². The summed E-state index contributed by atoms with van der Waals surface area (Å²) in [6, 6.07) is 11.1. The number of hydrogen-bond acceptors (Lipinski definition) is 2. The molecule has 0 unspecified atom stereocenters. The van der Waals surface area contributed by atoms with Crippen LogP contribution in [0.15, 0.2) is 46.9 Å². The van der Waals surface area contributed by atoms with Crippen molar-refractivity contribution in [3.05, 3.63) is 63.9 Å². The van der Waals surface area contributed by atoms with Crippen LogP contribution in [0.25, 0.3) is 0 Å². The fourth-order valence-corrected chi connectivity index (χ4v) is 2.32. The zero-order chi connectivity index (χ0) is 14.7. The van der Waals surface area contributed by atoms with E-state index in [0.29, 0.717) is 15.8 Å². The van der Waals surface area contributed by atoms with Gasteiger partial charge in [-0.1, -0.05) is 28.1 Å². The van der Waals surface area contributed by atoms with E-state index in [2.05, 4.69) is 15.9 Å². The van der Waals surface area contributed by atoms with Gasteiger partial charge in [-0.15, -0.1) is 0 Å². The van der Waals surface area contributed by atoms with Crippen LogP contribution in [0.5, 0.6) is 5.75 Å². The molecule has 0 aromatic heterocycles. The van der Waals surface area contributed by atoms with Gasteiger partial charge in [0, 0.05) is 10.0 Å². The second-order valence-electron chi connectivity index (χ2n) is 4.65. The van der Waals surface area contributed by atoms with Gasteiger partial charge in [-0.2, -0.15) is 0 Å². The van der Waals surface area contributed by atoms with Crippen molar-refractivity contribution < 1.29 is 13.9 Å². The summed E-state index contributed by atoms with van der Waals surface area (Å²) in [5.74, 6) is -0.209. The van der Waals surface area contributed by atoms with Crippen molar-refractivity contribution in [2.24, 2.45) is 0 Å². The molecule has 0 radical (unpaired) electrons. The minimum atomic E-state index is -0.454. The smallest absolute Gasteiger partial charge is 0.196 e. The van der Waals surface area contributed by atoms with Crippen LogP contribution in [0.2, 0.25) is 0 Å². The molecule has 0 atom stereocenters. The summed E-state index contributed by atoms with van der Waals surface area (Å²) in [6.45, 7) is 3.78. The lowest BCUT2D eigenvalue weighted by Gasteiger charge is -2.13. The highest BCUT2D eigenvalue weighted by atomic mass is 79.9. The van der Waals surface area contributed by atoms with Crippen LogP contribution >= 0.6 is 15.9 Å². The number of ketones is 1. The zero-order valence-electron chi connectivity index (χ0n) is 11.2. The molecule has 0 fully saturated rings. The SMILES string of the molecule is CC(C)Oc1ccccc1C(=O)c1cc(F)cc(Br)c1. The fourth-order valence-electron chi connectivity index (χ4n) is 1.85. The second kappa shape index (κ2) is 6.18. The Morgan fingerprint density at radius 1 is 1.20 bits per heavy atom. The average molecular weight is 337 g/mol. The molecule has 0 N–H and O–H groups in total. The fraction of sp³-hybridized carbons (Fsp3) is 0.188. The molecule has 20 heavy (non-hydrogen) atoms. The molecule has 0 heterocycles.